The van der Waals surface area contributed by atoms with E-state index in [-0.39, 0.29) is 12.3 Å². The Hall–Kier alpha value is -1.51. The van der Waals surface area contributed by atoms with Gasteiger partial charge in [-0.05, 0) is 37.3 Å². The number of aryl methyl sites for hydroxylation is 2. The molecule has 17 heavy (non-hydrogen) atoms. The zero-order chi connectivity index (χ0) is 13.0. The second kappa shape index (κ2) is 5.71. The molecule has 0 aromatic heterocycles. The first-order valence-electron chi connectivity index (χ1n) is 5.80. The number of rotatable bonds is 5. The summed E-state index contributed by atoms with van der Waals surface area (Å²) in [6, 6.07) is 4.15. The number of carboxylic acid groups (broad SMARTS) is 1. The van der Waals surface area contributed by atoms with Gasteiger partial charge >= 0.3 is 5.97 Å². The van der Waals surface area contributed by atoms with E-state index in [1.165, 1.54) is 5.56 Å². The molecule has 0 spiro atoms. The van der Waals surface area contributed by atoms with Crippen molar-refractivity contribution >= 4 is 5.97 Å². The molecule has 94 valence electrons. The van der Waals surface area contributed by atoms with Crippen molar-refractivity contribution in [1.29, 1.82) is 0 Å². The van der Waals surface area contributed by atoms with Crippen LogP contribution in [0.25, 0.3) is 0 Å². The van der Waals surface area contributed by atoms with Crippen LogP contribution in [0.4, 0.5) is 0 Å². The molecule has 0 aliphatic rings. The summed E-state index contributed by atoms with van der Waals surface area (Å²) in [5.41, 5.74) is 3.38. The van der Waals surface area contributed by atoms with Crippen molar-refractivity contribution in [3.05, 3.63) is 28.8 Å². The molecule has 0 aliphatic heterocycles. The zero-order valence-corrected chi connectivity index (χ0v) is 10.9. The average molecular weight is 236 g/mol. The molecule has 1 aromatic carbocycles. The van der Waals surface area contributed by atoms with E-state index in [2.05, 4.69) is 12.1 Å². The van der Waals surface area contributed by atoms with Crippen LogP contribution in [0.2, 0.25) is 0 Å². The summed E-state index contributed by atoms with van der Waals surface area (Å²) in [5, 5.41) is 8.77. The summed E-state index contributed by atoms with van der Waals surface area (Å²) >= 11 is 0. The van der Waals surface area contributed by atoms with Gasteiger partial charge in [0, 0.05) is 6.42 Å². The van der Waals surface area contributed by atoms with Crippen molar-refractivity contribution in [2.24, 2.45) is 5.92 Å². The summed E-state index contributed by atoms with van der Waals surface area (Å²) in [7, 11) is 1.66. The van der Waals surface area contributed by atoms with Gasteiger partial charge < -0.3 is 9.84 Å². The number of methoxy groups -OCH3 is 1. The Morgan fingerprint density at radius 1 is 1.41 bits per heavy atom. The van der Waals surface area contributed by atoms with Crippen LogP contribution in [-0.2, 0) is 11.2 Å². The molecule has 1 unspecified atom stereocenters. The molecule has 3 heteroatoms. The monoisotopic (exact) mass is 236 g/mol. The predicted molar refractivity (Wildman–Crippen MR) is 67.6 cm³/mol. The van der Waals surface area contributed by atoms with E-state index >= 15 is 0 Å². The zero-order valence-electron chi connectivity index (χ0n) is 10.9. The maximum absolute atomic E-state index is 10.7. The molecule has 0 fully saturated rings. The van der Waals surface area contributed by atoms with Gasteiger partial charge in [-0.25, -0.2) is 0 Å². The van der Waals surface area contributed by atoms with E-state index in [1.807, 2.05) is 20.8 Å². The summed E-state index contributed by atoms with van der Waals surface area (Å²) < 4.78 is 5.39. The van der Waals surface area contributed by atoms with Crippen LogP contribution in [0, 0.1) is 19.8 Å². The Labute approximate surface area is 102 Å². The minimum atomic E-state index is -0.749. The summed E-state index contributed by atoms with van der Waals surface area (Å²) in [5.74, 6) is 0.247. The fourth-order valence-corrected chi connectivity index (χ4v) is 2.23. The predicted octanol–water partition coefficient (Wildman–Crippen LogP) is 2.97. The second-order valence-electron chi connectivity index (χ2n) is 4.68. The number of ether oxygens (including phenoxy) is 1. The van der Waals surface area contributed by atoms with E-state index in [4.69, 9.17) is 9.84 Å². The molecule has 0 heterocycles. The van der Waals surface area contributed by atoms with Crippen molar-refractivity contribution in [3.63, 3.8) is 0 Å². The number of hydrogen-bond acceptors (Lipinski definition) is 2. The lowest BCUT2D eigenvalue weighted by Gasteiger charge is -2.15. The van der Waals surface area contributed by atoms with Crippen LogP contribution in [0.3, 0.4) is 0 Å². The van der Waals surface area contributed by atoms with Crippen molar-refractivity contribution in [3.8, 4) is 5.75 Å². The highest BCUT2D eigenvalue weighted by Gasteiger charge is 2.13. The molecule has 1 N–H and O–H groups in total. The highest BCUT2D eigenvalue weighted by Crippen LogP contribution is 2.27. The topological polar surface area (TPSA) is 46.5 Å². The van der Waals surface area contributed by atoms with Gasteiger partial charge in [0.15, 0.2) is 0 Å². The first-order chi connectivity index (χ1) is 7.93. The summed E-state index contributed by atoms with van der Waals surface area (Å²) in [4.78, 5) is 10.7. The van der Waals surface area contributed by atoms with Gasteiger partial charge in [-0.1, -0.05) is 24.6 Å². The van der Waals surface area contributed by atoms with Gasteiger partial charge in [0.05, 0.1) is 7.11 Å². The molecule has 1 rings (SSSR count). The van der Waals surface area contributed by atoms with E-state index in [0.717, 1.165) is 23.3 Å². The number of aliphatic carboxylic acids is 1. The van der Waals surface area contributed by atoms with Crippen LogP contribution >= 0.6 is 0 Å². The van der Waals surface area contributed by atoms with Gasteiger partial charge in [-0.2, -0.15) is 0 Å². The third kappa shape index (κ3) is 3.77. The van der Waals surface area contributed by atoms with Crippen LogP contribution in [0.15, 0.2) is 12.1 Å². The lowest BCUT2D eigenvalue weighted by molar-refractivity contribution is -0.137. The van der Waals surface area contributed by atoms with Crippen LogP contribution in [0.5, 0.6) is 5.75 Å². The Bertz CT molecular complexity index is 410. The first kappa shape index (κ1) is 13.6. The fourth-order valence-electron chi connectivity index (χ4n) is 2.23. The Morgan fingerprint density at radius 2 is 2.06 bits per heavy atom. The maximum Gasteiger partial charge on any atom is 0.303 e. The molecule has 0 bridgehead atoms. The van der Waals surface area contributed by atoms with Crippen molar-refractivity contribution < 1.29 is 14.6 Å². The Balaban J connectivity index is 2.92. The molecule has 0 radical (unpaired) electrons. The fraction of sp³-hybridized carbons (Fsp3) is 0.500. The molecule has 0 saturated heterocycles. The van der Waals surface area contributed by atoms with Crippen LogP contribution in [0.1, 0.15) is 30.0 Å². The molecule has 0 amide bonds. The number of benzene rings is 1. The summed E-state index contributed by atoms with van der Waals surface area (Å²) in [6.07, 6.45) is 0.925. The SMILES string of the molecule is COc1c(C)cc(C)cc1CC(C)CC(=O)O. The van der Waals surface area contributed by atoms with Crippen molar-refractivity contribution in [1.82, 2.24) is 0 Å². The van der Waals surface area contributed by atoms with E-state index in [9.17, 15) is 4.79 Å². The first-order valence-corrected chi connectivity index (χ1v) is 5.80. The second-order valence-corrected chi connectivity index (χ2v) is 4.68. The number of carboxylic acids is 1. The van der Waals surface area contributed by atoms with E-state index in [1.54, 1.807) is 7.11 Å². The molecule has 0 saturated carbocycles. The van der Waals surface area contributed by atoms with Crippen LogP contribution in [-0.4, -0.2) is 18.2 Å². The van der Waals surface area contributed by atoms with Gasteiger partial charge in [-0.3, -0.25) is 4.79 Å². The minimum absolute atomic E-state index is 0.114. The molecule has 0 aliphatic carbocycles. The molecular formula is C14H20O3. The van der Waals surface area contributed by atoms with E-state index < -0.39 is 5.97 Å². The van der Waals surface area contributed by atoms with E-state index in [0.29, 0.717) is 0 Å². The van der Waals surface area contributed by atoms with Gasteiger partial charge in [0.25, 0.3) is 0 Å². The Morgan fingerprint density at radius 3 is 2.59 bits per heavy atom. The third-order valence-corrected chi connectivity index (χ3v) is 2.79. The minimum Gasteiger partial charge on any atom is -0.496 e. The smallest absolute Gasteiger partial charge is 0.303 e. The van der Waals surface area contributed by atoms with Gasteiger partial charge in [0.2, 0.25) is 0 Å². The normalized spacial score (nSPS) is 12.2. The molecule has 3 nitrogen and oxygen atoms in total. The van der Waals surface area contributed by atoms with Crippen LogP contribution < -0.4 is 4.74 Å². The highest BCUT2D eigenvalue weighted by atomic mass is 16.5. The third-order valence-electron chi connectivity index (χ3n) is 2.79. The lowest BCUT2D eigenvalue weighted by Crippen LogP contribution is -2.08. The van der Waals surface area contributed by atoms with Gasteiger partial charge in [0.1, 0.15) is 5.75 Å². The van der Waals surface area contributed by atoms with Gasteiger partial charge in [-0.15, -0.1) is 0 Å². The maximum atomic E-state index is 10.7. The Kier molecular flexibility index (Phi) is 4.55. The lowest BCUT2D eigenvalue weighted by atomic mass is 9.94. The quantitative estimate of drug-likeness (QED) is 0.855. The number of carbonyl (C=O) groups is 1. The average Bonchev–Trinajstić information content (AvgIpc) is 2.15. The van der Waals surface area contributed by atoms with Crippen molar-refractivity contribution in [2.75, 3.05) is 7.11 Å². The molecule has 1 aromatic rings. The highest BCUT2D eigenvalue weighted by molar-refractivity contribution is 5.67. The van der Waals surface area contributed by atoms with Crippen molar-refractivity contribution in [2.45, 2.75) is 33.6 Å². The standard InChI is InChI=1S/C14H20O3/c1-9-5-11(3)14(17-4)12(6-9)7-10(2)8-13(15)16/h5-6,10H,7-8H2,1-4H3,(H,15,16). The molecular weight excluding hydrogens is 216 g/mol. The largest absolute Gasteiger partial charge is 0.496 e. The number of hydrogen-bond donors (Lipinski definition) is 1. The molecule has 1 atom stereocenters. The summed E-state index contributed by atoms with van der Waals surface area (Å²) in [6.45, 7) is 6.00.